The third kappa shape index (κ3) is 12.8. The smallest absolute Gasteiger partial charge is 0.338 e. The zero-order valence-corrected chi connectivity index (χ0v) is 41.0. The first kappa shape index (κ1) is 49.2. The Labute approximate surface area is 435 Å². The van der Waals surface area contributed by atoms with Gasteiger partial charge in [0.1, 0.15) is 63.0 Å². The number of fused-ring (bicyclic) bond motifs is 1. The summed E-state index contributed by atoms with van der Waals surface area (Å²) in [6.45, 7) is 0.996. The van der Waals surface area contributed by atoms with Crippen LogP contribution in [-0.2, 0) is 50.8 Å². The summed E-state index contributed by atoms with van der Waals surface area (Å²) in [5, 5.41) is 23.4. The molecule has 0 radical (unpaired) electrons. The molecule has 9 aromatic rings. The number of carbonyl (C=O) groups excluding carboxylic acids is 1. The Morgan fingerprint density at radius 2 is 0.747 bits per heavy atom. The summed E-state index contributed by atoms with van der Waals surface area (Å²) in [5.74, 6) is 0.482. The van der Waals surface area contributed by atoms with Gasteiger partial charge in [-0.15, -0.1) is 0 Å². The van der Waals surface area contributed by atoms with E-state index in [1.54, 1.807) is 12.1 Å². The van der Waals surface area contributed by atoms with Crippen LogP contribution in [0.25, 0.3) is 0 Å². The highest BCUT2D eigenvalue weighted by Crippen LogP contribution is 2.48. The van der Waals surface area contributed by atoms with E-state index in [4.69, 9.17) is 37.9 Å². The van der Waals surface area contributed by atoms with Crippen LogP contribution in [0.15, 0.2) is 218 Å². The van der Waals surface area contributed by atoms with Crippen molar-refractivity contribution in [2.75, 3.05) is 0 Å². The first-order valence-corrected chi connectivity index (χ1v) is 24.7. The molecule has 2 atom stereocenters. The van der Waals surface area contributed by atoms with Crippen molar-refractivity contribution in [1.29, 1.82) is 0 Å². The molecule has 1 aliphatic heterocycles. The highest BCUT2D eigenvalue weighted by molar-refractivity contribution is 5.91. The topological polar surface area (TPSA) is 131 Å². The van der Waals surface area contributed by atoms with E-state index in [9.17, 15) is 15.0 Å². The highest BCUT2D eigenvalue weighted by Gasteiger charge is 2.38. The van der Waals surface area contributed by atoms with Crippen molar-refractivity contribution in [3.05, 3.63) is 268 Å². The van der Waals surface area contributed by atoms with Crippen molar-refractivity contribution in [3.63, 3.8) is 0 Å². The standard InChI is InChI=1S/C64H54O11/c65-61-56(70-40-46-23-11-3-12-24-46)31-50(32-57(61)71-41-47-25-13-4-14-26-47)63-60(37-53-54(69-39-45-21-9-2-10-22-45)35-52(36-55(53)74-63)68-38-44-19-7-1-8-20-44)75-64(67)51-33-58(72-42-48-27-15-5-16-28-48)62(66)59(34-51)73-43-49-29-17-6-18-30-49/h1-36,60,63,65-66H,37-43H2/t60-,63-/m1/s1. The van der Waals surface area contributed by atoms with E-state index >= 15 is 0 Å². The average molecular weight is 999 g/mol. The number of aromatic hydroxyl groups is 2. The third-order valence-corrected chi connectivity index (χ3v) is 12.5. The number of benzene rings is 9. The van der Waals surface area contributed by atoms with Gasteiger partial charge in [0, 0.05) is 29.7 Å². The maximum Gasteiger partial charge on any atom is 0.338 e. The molecule has 2 N–H and O–H groups in total. The minimum Gasteiger partial charge on any atom is -0.502 e. The number of carbonyl (C=O) groups is 1. The normalized spacial score (nSPS) is 13.6. The molecule has 11 heteroatoms. The zero-order valence-electron chi connectivity index (χ0n) is 41.0. The molecule has 0 fully saturated rings. The van der Waals surface area contributed by atoms with E-state index in [2.05, 4.69) is 0 Å². The number of phenolic OH excluding ortho intramolecular Hbond substituents is 2. The molecule has 376 valence electrons. The van der Waals surface area contributed by atoms with Crippen LogP contribution in [-0.4, -0.2) is 22.3 Å². The molecule has 11 nitrogen and oxygen atoms in total. The monoisotopic (exact) mass is 998 g/mol. The van der Waals surface area contributed by atoms with Gasteiger partial charge >= 0.3 is 5.97 Å². The second kappa shape index (κ2) is 23.9. The molecule has 10 rings (SSSR count). The van der Waals surface area contributed by atoms with Crippen LogP contribution < -0.4 is 33.2 Å². The highest BCUT2D eigenvalue weighted by atomic mass is 16.6. The molecule has 0 aliphatic carbocycles. The van der Waals surface area contributed by atoms with Crippen molar-refractivity contribution >= 4 is 5.97 Å². The summed E-state index contributed by atoms with van der Waals surface area (Å²) in [4.78, 5) is 14.9. The second-order valence-electron chi connectivity index (χ2n) is 17.9. The van der Waals surface area contributed by atoms with Crippen LogP contribution in [0.1, 0.15) is 61.0 Å². The molecule has 9 aromatic carbocycles. The maximum absolute atomic E-state index is 14.9. The van der Waals surface area contributed by atoms with Gasteiger partial charge in [-0.2, -0.15) is 0 Å². The molecule has 0 saturated heterocycles. The number of rotatable bonds is 21. The van der Waals surface area contributed by atoms with E-state index < -0.39 is 18.2 Å². The number of ether oxygens (including phenoxy) is 8. The summed E-state index contributed by atoms with van der Waals surface area (Å²) in [6, 6.07) is 67.7. The molecule has 1 heterocycles. The summed E-state index contributed by atoms with van der Waals surface area (Å²) >= 11 is 0. The summed E-state index contributed by atoms with van der Waals surface area (Å²) in [7, 11) is 0. The second-order valence-corrected chi connectivity index (χ2v) is 17.9. The lowest BCUT2D eigenvalue weighted by Crippen LogP contribution is -2.35. The fourth-order valence-corrected chi connectivity index (χ4v) is 8.55. The van der Waals surface area contributed by atoms with Crippen molar-refractivity contribution in [1.82, 2.24) is 0 Å². The zero-order chi connectivity index (χ0) is 51.2. The Morgan fingerprint density at radius 3 is 1.12 bits per heavy atom. The van der Waals surface area contributed by atoms with Gasteiger partial charge in [-0.05, 0) is 57.6 Å². The SMILES string of the molecule is O=C(O[C@@H]1Cc2c(OCc3ccccc3)cc(OCc3ccccc3)cc2O[C@@H]1c1cc(OCc2ccccc2)c(O)c(OCc2ccccc2)c1)c1cc(OCc2ccccc2)c(O)c(OCc2ccccc2)c1. The van der Waals surface area contributed by atoms with Gasteiger partial charge in [-0.25, -0.2) is 4.79 Å². The first-order valence-electron chi connectivity index (χ1n) is 24.7. The van der Waals surface area contributed by atoms with E-state index in [-0.39, 0.29) is 86.1 Å². The van der Waals surface area contributed by atoms with Gasteiger partial charge in [0.2, 0.25) is 11.5 Å². The molecule has 0 amide bonds. The minimum absolute atomic E-state index is 0.0248. The van der Waals surface area contributed by atoms with Crippen molar-refractivity contribution < 1.29 is 52.9 Å². The predicted octanol–water partition coefficient (Wildman–Crippen LogP) is 13.5. The van der Waals surface area contributed by atoms with Crippen LogP contribution >= 0.6 is 0 Å². The van der Waals surface area contributed by atoms with Gasteiger partial charge in [-0.3, -0.25) is 0 Å². The lowest BCUT2D eigenvalue weighted by atomic mass is 9.93. The molecule has 0 aromatic heterocycles. The van der Waals surface area contributed by atoms with Crippen LogP contribution in [0, 0.1) is 0 Å². The molecular weight excluding hydrogens is 945 g/mol. The van der Waals surface area contributed by atoms with Crippen LogP contribution in [0.3, 0.4) is 0 Å². The third-order valence-electron chi connectivity index (χ3n) is 12.5. The number of hydrogen-bond acceptors (Lipinski definition) is 11. The Bertz CT molecular complexity index is 3160. The number of esters is 1. The van der Waals surface area contributed by atoms with Gasteiger partial charge < -0.3 is 48.1 Å². The average Bonchev–Trinajstić information content (AvgIpc) is 3.46. The quantitative estimate of drug-likeness (QED) is 0.0667. The molecule has 0 saturated carbocycles. The van der Waals surface area contributed by atoms with E-state index in [0.717, 1.165) is 33.4 Å². The summed E-state index contributed by atoms with van der Waals surface area (Å²) < 4.78 is 51.7. The largest absolute Gasteiger partial charge is 0.502 e. The lowest BCUT2D eigenvalue weighted by Gasteiger charge is -2.35. The summed E-state index contributed by atoms with van der Waals surface area (Å²) in [5.41, 5.74) is 6.54. The van der Waals surface area contributed by atoms with E-state index in [0.29, 0.717) is 28.4 Å². The van der Waals surface area contributed by atoms with Crippen molar-refractivity contribution in [2.24, 2.45) is 0 Å². The molecule has 0 unspecified atom stereocenters. The van der Waals surface area contributed by atoms with Gasteiger partial charge in [0.05, 0.1) is 5.56 Å². The fraction of sp³-hybridized carbons (Fsp3) is 0.141. The van der Waals surface area contributed by atoms with E-state index in [1.807, 2.05) is 194 Å². The molecule has 1 aliphatic rings. The summed E-state index contributed by atoms with van der Waals surface area (Å²) in [6.07, 6.45) is -1.95. The van der Waals surface area contributed by atoms with Crippen molar-refractivity contribution in [3.8, 4) is 51.7 Å². The van der Waals surface area contributed by atoms with Gasteiger partial charge in [0.15, 0.2) is 29.1 Å². The van der Waals surface area contributed by atoms with E-state index in [1.165, 1.54) is 12.1 Å². The number of phenols is 2. The lowest BCUT2D eigenvalue weighted by molar-refractivity contribution is -0.0191. The molecule has 75 heavy (non-hydrogen) atoms. The Hall–Kier alpha value is -9.35. The minimum atomic E-state index is -1.04. The van der Waals surface area contributed by atoms with Gasteiger partial charge in [0.25, 0.3) is 0 Å². The fourth-order valence-electron chi connectivity index (χ4n) is 8.55. The van der Waals surface area contributed by atoms with Crippen LogP contribution in [0.5, 0.6) is 51.7 Å². The van der Waals surface area contributed by atoms with Crippen LogP contribution in [0.4, 0.5) is 0 Å². The Morgan fingerprint density at radius 1 is 0.413 bits per heavy atom. The Balaban J connectivity index is 1.05. The maximum atomic E-state index is 14.9. The first-order chi connectivity index (χ1) is 36.9. The molecule has 0 spiro atoms. The Kier molecular flexibility index (Phi) is 15.7. The van der Waals surface area contributed by atoms with Gasteiger partial charge in [-0.1, -0.05) is 182 Å². The predicted molar refractivity (Wildman–Crippen MR) is 284 cm³/mol. The molecular formula is C64H54O11. The van der Waals surface area contributed by atoms with Crippen molar-refractivity contribution in [2.45, 2.75) is 58.3 Å². The number of hydrogen-bond donors (Lipinski definition) is 2. The molecule has 0 bridgehead atoms. The van der Waals surface area contributed by atoms with Crippen LogP contribution in [0.2, 0.25) is 0 Å².